The van der Waals surface area contributed by atoms with Crippen LogP contribution >= 0.6 is 11.3 Å². The number of hydrogen-bond acceptors (Lipinski definition) is 6. The summed E-state index contributed by atoms with van der Waals surface area (Å²) >= 11 is 1.21. The number of hydrogen-bond donors (Lipinski definition) is 1. The number of carbonyl (C=O) groups excluding carboxylic acids is 1. The van der Waals surface area contributed by atoms with Crippen molar-refractivity contribution in [1.82, 2.24) is 4.31 Å². The Labute approximate surface area is 185 Å². The van der Waals surface area contributed by atoms with Crippen LogP contribution in [0.2, 0.25) is 0 Å². The highest BCUT2D eigenvalue weighted by Crippen LogP contribution is 2.38. The molecule has 12 heteroatoms. The molecule has 32 heavy (non-hydrogen) atoms. The molecule has 0 bridgehead atoms. The van der Waals surface area contributed by atoms with Crippen LogP contribution in [0.15, 0.2) is 53.4 Å². The van der Waals surface area contributed by atoms with Crippen LogP contribution in [0.4, 0.5) is 13.2 Å². The van der Waals surface area contributed by atoms with Crippen LogP contribution in [0.1, 0.15) is 21.3 Å². The quantitative estimate of drug-likeness (QED) is 0.594. The molecular weight excluding hydrogens is 469 g/mol. The fourth-order valence-electron chi connectivity index (χ4n) is 3.55. The number of sulfonamides is 1. The van der Waals surface area contributed by atoms with Crippen molar-refractivity contribution in [1.29, 1.82) is 0 Å². The first-order chi connectivity index (χ1) is 15.1. The van der Waals surface area contributed by atoms with Crippen LogP contribution in [0.5, 0.6) is 5.75 Å². The number of carbonyl (C=O) groups is 1. The van der Waals surface area contributed by atoms with Crippen LogP contribution in [-0.4, -0.2) is 44.7 Å². The smallest absolute Gasteiger partial charge is 0.406 e. The monoisotopic (exact) mass is 486 g/mol. The fraction of sp³-hybridized carbons (Fsp3) is 0.250. The zero-order valence-corrected chi connectivity index (χ0v) is 18.0. The number of ether oxygens (including phenoxy) is 2. The summed E-state index contributed by atoms with van der Waals surface area (Å²) in [6.45, 7) is 0.0410. The average molecular weight is 486 g/mol. The SMILES string of the molecule is NC(=O)c1sc2ccccc2c1[C@@H]1CN(S(=O)(=O)c2ccc(OC(F)(F)F)cc2)CCO1. The summed E-state index contributed by atoms with van der Waals surface area (Å²) in [5.74, 6) is -1.16. The van der Waals surface area contributed by atoms with Crippen molar-refractivity contribution in [3.05, 3.63) is 59.0 Å². The second kappa shape index (κ2) is 8.35. The predicted molar refractivity (Wildman–Crippen MR) is 111 cm³/mol. The van der Waals surface area contributed by atoms with Crippen molar-refractivity contribution in [2.75, 3.05) is 19.7 Å². The molecule has 7 nitrogen and oxygen atoms in total. The van der Waals surface area contributed by atoms with Gasteiger partial charge in [0.25, 0.3) is 5.91 Å². The van der Waals surface area contributed by atoms with E-state index in [2.05, 4.69) is 4.74 Å². The number of primary amides is 1. The first-order valence-corrected chi connectivity index (χ1v) is 11.6. The van der Waals surface area contributed by atoms with Gasteiger partial charge in [-0.3, -0.25) is 4.79 Å². The van der Waals surface area contributed by atoms with Crippen molar-refractivity contribution >= 4 is 37.4 Å². The summed E-state index contributed by atoms with van der Waals surface area (Å²) in [7, 11) is -4.03. The van der Waals surface area contributed by atoms with E-state index in [0.29, 0.717) is 10.4 Å². The molecule has 1 saturated heterocycles. The zero-order valence-electron chi connectivity index (χ0n) is 16.3. The summed E-state index contributed by atoms with van der Waals surface area (Å²) in [6.07, 6.45) is -5.61. The molecule has 2 N–H and O–H groups in total. The molecule has 0 saturated carbocycles. The molecule has 3 aromatic rings. The highest BCUT2D eigenvalue weighted by molar-refractivity contribution is 7.89. The lowest BCUT2D eigenvalue weighted by Gasteiger charge is -2.32. The molecule has 0 unspecified atom stereocenters. The lowest BCUT2D eigenvalue weighted by atomic mass is 10.0. The molecule has 0 aliphatic carbocycles. The van der Waals surface area contributed by atoms with E-state index in [0.717, 1.165) is 34.4 Å². The van der Waals surface area contributed by atoms with Gasteiger partial charge in [-0.2, -0.15) is 4.31 Å². The Hall–Kier alpha value is -2.67. The van der Waals surface area contributed by atoms with E-state index >= 15 is 0 Å². The maximum absolute atomic E-state index is 13.1. The highest BCUT2D eigenvalue weighted by Gasteiger charge is 2.35. The number of rotatable bonds is 5. The minimum Gasteiger partial charge on any atom is -0.406 e. The minimum absolute atomic E-state index is 0.0492. The fourth-order valence-corrected chi connectivity index (χ4v) is 6.08. The van der Waals surface area contributed by atoms with Gasteiger partial charge in [0.05, 0.1) is 22.5 Å². The van der Waals surface area contributed by atoms with Crippen LogP contribution in [0.25, 0.3) is 10.1 Å². The van der Waals surface area contributed by atoms with Gasteiger partial charge in [0.1, 0.15) is 5.75 Å². The third-order valence-corrected chi connectivity index (χ3v) is 7.98. The number of fused-ring (bicyclic) bond motifs is 1. The van der Waals surface area contributed by atoms with Crippen LogP contribution in [0, 0.1) is 0 Å². The Kier molecular flexibility index (Phi) is 5.88. The van der Waals surface area contributed by atoms with Gasteiger partial charge in [-0.15, -0.1) is 24.5 Å². The topological polar surface area (TPSA) is 98.9 Å². The lowest BCUT2D eigenvalue weighted by molar-refractivity contribution is -0.274. The van der Waals surface area contributed by atoms with Crippen LogP contribution < -0.4 is 10.5 Å². The maximum Gasteiger partial charge on any atom is 0.573 e. The van der Waals surface area contributed by atoms with Crippen molar-refractivity contribution in [3.63, 3.8) is 0 Å². The number of morpholine rings is 1. The van der Waals surface area contributed by atoms with Gasteiger partial charge in [-0.05, 0) is 35.7 Å². The van der Waals surface area contributed by atoms with E-state index in [1.165, 1.54) is 15.6 Å². The van der Waals surface area contributed by atoms with E-state index in [-0.39, 0.29) is 24.6 Å². The Morgan fingerprint density at radius 1 is 1.16 bits per heavy atom. The summed E-state index contributed by atoms with van der Waals surface area (Å²) < 4.78 is 74.8. The van der Waals surface area contributed by atoms with E-state index in [9.17, 15) is 26.4 Å². The Bertz CT molecular complexity index is 1260. The normalized spacial score (nSPS) is 18.0. The molecule has 1 aliphatic heterocycles. The molecule has 2 aromatic carbocycles. The first-order valence-electron chi connectivity index (χ1n) is 9.35. The van der Waals surface area contributed by atoms with Crippen LogP contribution in [0.3, 0.4) is 0 Å². The highest BCUT2D eigenvalue weighted by atomic mass is 32.2. The standard InChI is InChI=1S/C20H17F3N2O5S2/c21-20(22,23)30-12-5-7-13(8-6-12)32(27,28)25-9-10-29-15(11-25)17-14-3-1-2-4-16(14)31-18(17)19(24)26/h1-8,15H,9-11H2,(H2,24,26)/t15-/m0/s1. The van der Waals surface area contributed by atoms with E-state index < -0.39 is 34.1 Å². The van der Waals surface area contributed by atoms with E-state index in [1.807, 2.05) is 18.2 Å². The van der Waals surface area contributed by atoms with Crippen molar-refractivity contribution in [2.45, 2.75) is 17.4 Å². The molecule has 0 spiro atoms. The van der Waals surface area contributed by atoms with Gasteiger partial charge in [-0.1, -0.05) is 18.2 Å². The molecule has 1 amide bonds. The first kappa shape index (κ1) is 22.5. The number of amides is 1. The van der Waals surface area contributed by atoms with Gasteiger partial charge >= 0.3 is 6.36 Å². The zero-order chi connectivity index (χ0) is 23.1. The molecule has 2 heterocycles. The van der Waals surface area contributed by atoms with Gasteiger partial charge in [-0.25, -0.2) is 8.42 Å². The maximum atomic E-state index is 13.1. The summed E-state index contributed by atoms with van der Waals surface area (Å²) in [6, 6.07) is 11.2. The third kappa shape index (κ3) is 4.44. The van der Waals surface area contributed by atoms with Crippen molar-refractivity contribution in [3.8, 4) is 5.75 Å². The second-order valence-corrected chi connectivity index (χ2v) is 9.94. The van der Waals surface area contributed by atoms with Crippen molar-refractivity contribution in [2.24, 2.45) is 5.73 Å². The van der Waals surface area contributed by atoms with Gasteiger partial charge in [0.2, 0.25) is 10.0 Å². The Morgan fingerprint density at radius 2 is 1.84 bits per heavy atom. The minimum atomic E-state index is -4.88. The number of thiophene rings is 1. The number of benzene rings is 2. The largest absolute Gasteiger partial charge is 0.573 e. The van der Waals surface area contributed by atoms with Gasteiger partial charge in [0, 0.05) is 23.4 Å². The molecule has 170 valence electrons. The van der Waals surface area contributed by atoms with Crippen LogP contribution in [-0.2, 0) is 14.8 Å². The Morgan fingerprint density at radius 3 is 2.50 bits per heavy atom. The molecule has 0 radical (unpaired) electrons. The van der Waals surface area contributed by atoms with Crippen molar-refractivity contribution < 1.29 is 35.9 Å². The molecule has 1 fully saturated rings. The number of alkyl halides is 3. The van der Waals surface area contributed by atoms with Gasteiger partial charge < -0.3 is 15.2 Å². The van der Waals surface area contributed by atoms with E-state index in [4.69, 9.17) is 10.5 Å². The van der Waals surface area contributed by atoms with Gasteiger partial charge in [0.15, 0.2) is 0 Å². The molecule has 1 atom stereocenters. The summed E-state index contributed by atoms with van der Waals surface area (Å²) in [5, 5.41) is 0.754. The molecule has 4 rings (SSSR count). The lowest BCUT2D eigenvalue weighted by Crippen LogP contribution is -2.42. The average Bonchev–Trinajstić information content (AvgIpc) is 3.13. The number of halogens is 3. The second-order valence-electron chi connectivity index (χ2n) is 6.95. The molecule has 1 aromatic heterocycles. The molecule has 1 aliphatic rings. The summed E-state index contributed by atoms with van der Waals surface area (Å²) in [5.41, 5.74) is 6.08. The van der Waals surface area contributed by atoms with E-state index in [1.54, 1.807) is 6.07 Å². The predicted octanol–water partition coefficient (Wildman–Crippen LogP) is 3.66. The molecular formula is C20H17F3N2O5S2. The number of nitrogens with zero attached hydrogens (tertiary/aromatic N) is 1. The number of nitrogens with two attached hydrogens (primary N) is 1. The summed E-state index contributed by atoms with van der Waals surface area (Å²) in [4.78, 5) is 12.1. The Balaban J connectivity index is 1.63. The third-order valence-electron chi connectivity index (χ3n) is 4.90.